The number of benzene rings is 2. The summed E-state index contributed by atoms with van der Waals surface area (Å²) in [7, 11) is 0. The van der Waals surface area contributed by atoms with Crippen LogP contribution in [-0.4, -0.2) is 95.0 Å². The SMILES string of the molecule is CCCc1nn(CC(F)(F)F)c(OCC(=O)N2CCSCC2)c1Cc1ccc(-c2ccccc2-c2nnn[n]2[Sn]([CH3])([CH3])[CH3])cc1. The molecule has 1 aliphatic rings. The molecule has 0 N–H and O–H groups in total. The summed E-state index contributed by atoms with van der Waals surface area (Å²) in [4.78, 5) is 21.3. The molecule has 240 valence electrons. The molecule has 0 bridgehead atoms. The molecule has 0 spiro atoms. The molecule has 0 aliphatic carbocycles. The van der Waals surface area contributed by atoms with Crippen LogP contribution in [0.4, 0.5) is 13.2 Å². The van der Waals surface area contributed by atoms with E-state index in [0.717, 1.165) is 44.3 Å². The van der Waals surface area contributed by atoms with Gasteiger partial charge in [0.05, 0.1) is 0 Å². The predicted molar refractivity (Wildman–Crippen MR) is 172 cm³/mol. The molecular weight excluding hydrogens is 710 g/mol. The molecule has 0 unspecified atom stereocenters. The number of tetrazole rings is 1. The third-order valence-electron chi connectivity index (χ3n) is 7.51. The van der Waals surface area contributed by atoms with Gasteiger partial charge in [0.2, 0.25) is 0 Å². The van der Waals surface area contributed by atoms with E-state index in [0.29, 0.717) is 43.6 Å². The standard InChI is InChI=1S/C28H29F3N7O2S.3CH3.Sn/c1-2-5-24-23(27(38(34-24)18-28(29,30)31)40-17-25(39)37-12-14-41-15-13-37)16-19-8-10-20(11-9-19)21-6-3-4-7-22(21)26-32-35-36-33-26;;;;/h3-4,6-11H,2,5,12-18H2,1H3;3*1H3;/q-1;;;;+1. The normalized spacial score (nSPS) is 14.2. The summed E-state index contributed by atoms with van der Waals surface area (Å²) in [5, 5.41) is 17.0. The molecule has 2 aromatic heterocycles. The van der Waals surface area contributed by atoms with Crippen LogP contribution >= 0.6 is 11.8 Å². The molecular formula is C31H38F3N7O2SSn. The Kier molecular flexibility index (Phi) is 10.5. The van der Waals surface area contributed by atoms with Gasteiger partial charge in [-0.1, -0.05) is 13.3 Å². The van der Waals surface area contributed by atoms with Crippen LogP contribution < -0.4 is 4.74 Å². The van der Waals surface area contributed by atoms with E-state index in [2.05, 4.69) is 35.4 Å². The Balaban J connectivity index is 1.44. The van der Waals surface area contributed by atoms with Gasteiger partial charge in [0, 0.05) is 24.6 Å². The Morgan fingerprint density at radius 1 is 1.02 bits per heavy atom. The van der Waals surface area contributed by atoms with E-state index in [9.17, 15) is 18.0 Å². The minimum absolute atomic E-state index is 0.00486. The number of aryl methyl sites for hydroxylation is 1. The number of hydrogen-bond donors (Lipinski definition) is 0. The Bertz CT molecular complexity index is 1610. The number of aromatic nitrogens is 6. The molecule has 5 rings (SSSR count). The Hall–Kier alpha value is -3.07. The molecule has 0 atom stereocenters. The van der Waals surface area contributed by atoms with E-state index < -0.39 is 31.4 Å². The van der Waals surface area contributed by atoms with Crippen molar-refractivity contribution in [2.75, 3.05) is 31.2 Å². The van der Waals surface area contributed by atoms with Crippen molar-refractivity contribution in [3.8, 4) is 28.4 Å². The summed E-state index contributed by atoms with van der Waals surface area (Å²) in [6, 6.07) is 15.9. The molecule has 1 aliphatic heterocycles. The average Bonchev–Trinajstić information content (AvgIpc) is 3.62. The molecule has 0 radical (unpaired) electrons. The fourth-order valence-electron chi connectivity index (χ4n) is 5.36. The summed E-state index contributed by atoms with van der Waals surface area (Å²) >= 11 is -0.898. The molecule has 9 nitrogen and oxygen atoms in total. The van der Waals surface area contributed by atoms with Crippen LogP contribution in [-0.2, 0) is 24.2 Å². The number of halogens is 3. The maximum atomic E-state index is 13.6. The number of thioether (sulfide) groups is 1. The Labute approximate surface area is 269 Å². The molecule has 1 amide bonds. The molecule has 1 saturated heterocycles. The number of carbonyl (C=O) groups is 1. The van der Waals surface area contributed by atoms with E-state index in [1.165, 1.54) is 0 Å². The predicted octanol–water partition coefficient (Wildman–Crippen LogP) is 5.95. The summed E-state index contributed by atoms with van der Waals surface area (Å²) in [6.07, 6.45) is -2.99. The maximum absolute atomic E-state index is 13.6. The van der Waals surface area contributed by atoms with Gasteiger partial charge in [0.25, 0.3) is 5.91 Å². The molecule has 0 saturated carbocycles. The number of hydrogen-bond acceptors (Lipinski definition) is 7. The first-order valence-corrected chi connectivity index (χ1v) is 26.0. The van der Waals surface area contributed by atoms with Crippen molar-refractivity contribution >= 4 is 36.3 Å². The van der Waals surface area contributed by atoms with Crippen LogP contribution in [0.3, 0.4) is 0 Å². The summed E-state index contributed by atoms with van der Waals surface area (Å²) < 4.78 is 49.6. The van der Waals surface area contributed by atoms with Crippen molar-refractivity contribution in [2.45, 2.75) is 53.7 Å². The number of alkyl halides is 3. The second-order valence-corrected chi connectivity index (χ2v) is 26.9. The fraction of sp³-hybridized carbons (Fsp3) is 0.452. The summed E-state index contributed by atoms with van der Waals surface area (Å²) in [6.45, 7) is 1.54. The quantitative estimate of drug-likeness (QED) is 0.175. The zero-order valence-corrected chi connectivity index (χ0v) is 29.6. The zero-order chi connectivity index (χ0) is 32.2. The second kappa shape index (κ2) is 14.1. The molecule has 3 heterocycles. The average molecular weight is 748 g/mol. The van der Waals surface area contributed by atoms with E-state index >= 15 is 0 Å². The van der Waals surface area contributed by atoms with Crippen molar-refractivity contribution < 1.29 is 22.7 Å². The third-order valence-corrected chi connectivity index (χ3v) is 12.9. The van der Waals surface area contributed by atoms with E-state index in [4.69, 9.17) is 4.74 Å². The van der Waals surface area contributed by atoms with E-state index in [-0.39, 0.29) is 18.4 Å². The van der Waals surface area contributed by atoms with Crippen LogP contribution in [0, 0.1) is 0 Å². The van der Waals surface area contributed by atoms with Crippen molar-refractivity contribution in [1.82, 2.24) is 33.1 Å². The van der Waals surface area contributed by atoms with Gasteiger partial charge in [0.1, 0.15) is 6.54 Å². The minimum atomic E-state index is -4.50. The van der Waals surface area contributed by atoms with Gasteiger partial charge in [-0.2, -0.15) is 24.9 Å². The Morgan fingerprint density at radius 3 is 2.36 bits per heavy atom. The van der Waals surface area contributed by atoms with Gasteiger partial charge in [0.15, 0.2) is 6.61 Å². The van der Waals surface area contributed by atoms with Crippen LogP contribution in [0.5, 0.6) is 5.88 Å². The third kappa shape index (κ3) is 8.21. The van der Waals surface area contributed by atoms with Gasteiger partial charge in [-0.15, -0.1) is 0 Å². The number of rotatable bonds is 11. The van der Waals surface area contributed by atoms with Crippen molar-refractivity contribution in [1.29, 1.82) is 0 Å². The van der Waals surface area contributed by atoms with Crippen molar-refractivity contribution in [3.63, 3.8) is 0 Å². The van der Waals surface area contributed by atoms with Crippen LogP contribution in [0.2, 0.25) is 14.8 Å². The molecule has 45 heavy (non-hydrogen) atoms. The molecule has 2 aromatic carbocycles. The van der Waals surface area contributed by atoms with Crippen LogP contribution in [0.15, 0.2) is 48.5 Å². The molecule has 4 aromatic rings. The molecule has 14 heteroatoms. The number of amides is 1. The first-order valence-electron chi connectivity index (χ1n) is 15.1. The van der Waals surface area contributed by atoms with Gasteiger partial charge in [-0.25, -0.2) is 0 Å². The van der Waals surface area contributed by atoms with Gasteiger partial charge in [-0.3, -0.25) is 4.79 Å². The number of ether oxygens (including phenoxy) is 1. The first-order chi connectivity index (χ1) is 21.4. The van der Waals surface area contributed by atoms with E-state index in [1.807, 2.05) is 58.4 Å². The van der Waals surface area contributed by atoms with Gasteiger partial charge < -0.3 is 4.90 Å². The summed E-state index contributed by atoms with van der Waals surface area (Å²) in [5.41, 5.74) is 4.91. The first kappa shape index (κ1) is 33.3. The zero-order valence-electron chi connectivity index (χ0n) is 26.0. The summed E-state index contributed by atoms with van der Waals surface area (Å²) in [5.74, 6) is 2.19. The topological polar surface area (TPSA) is 91.0 Å². The van der Waals surface area contributed by atoms with Gasteiger partial charge in [-0.05, 0) is 0 Å². The van der Waals surface area contributed by atoms with E-state index in [1.54, 1.807) is 16.7 Å². The van der Waals surface area contributed by atoms with Crippen molar-refractivity contribution in [3.05, 3.63) is 65.4 Å². The second-order valence-electron chi connectivity index (χ2n) is 12.0. The molecule has 1 fully saturated rings. The Morgan fingerprint density at radius 2 is 1.71 bits per heavy atom. The fourth-order valence-corrected chi connectivity index (χ4v) is 9.43. The van der Waals surface area contributed by atoms with Crippen LogP contribution in [0.25, 0.3) is 22.5 Å². The number of carbonyl (C=O) groups excluding carboxylic acids is 1. The van der Waals surface area contributed by atoms with Crippen molar-refractivity contribution in [2.24, 2.45) is 0 Å². The van der Waals surface area contributed by atoms with Crippen LogP contribution in [0.1, 0.15) is 30.2 Å². The number of nitrogens with zero attached hydrogens (tertiary/aromatic N) is 7. The van der Waals surface area contributed by atoms with Gasteiger partial charge >= 0.3 is 179 Å². The monoisotopic (exact) mass is 749 g/mol.